The van der Waals surface area contributed by atoms with Gasteiger partial charge in [0, 0.05) is 5.69 Å². The fraction of sp³-hybridized carbons (Fsp3) is 0.158. The highest BCUT2D eigenvalue weighted by Gasteiger charge is 2.30. The average molecular weight is 404 g/mol. The number of aryl methyl sites for hydroxylation is 2. The summed E-state index contributed by atoms with van der Waals surface area (Å²) in [5.41, 5.74) is 0.627. The van der Waals surface area contributed by atoms with E-state index in [1.165, 1.54) is 0 Å². The molecule has 0 aliphatic rings. The lowest BCUT2D eigenvalue weighted by molar-refractivity contribution is -0.385. The number of rotatable bonds is 5. The second-order valence-corrected chi connectivity index (χ2v) is 6.26. The van der Waals surface area contributed by atoms with Crippen LogP contribution >= 0.6 is 0 Å². The molecule has 2 aromatic carbocycles. The predicted octanol–water partition coefficient (Wildman–Crippen LogP) is 5.56. The zero-order chi connectivity index (χ0) is 21.2. The Bertz CT molecular complexity index is 1030. The van der Waals surface area contributed by atoms with Crippen molar-refractivity contribution < 1.29 is 22.8 Å². The zero-order valence-electron chi connectivity index (χ0n) is 15.3. The van der Waals surface area contributed by atoms with E-state index in [1.807, 2.05) is 19.9 Å². The molecular weight excluding hydrogens is 389 g/mol. The Labute approximate surface area is 163 Å². The average Bonchev–Trinajstić information content (AvgIpc) is 2.60. The molecule has 0 fully saturated rings. The van der Waals surface area contributed by atoms with E-state index in [0.29, 0.717) is 5.75 Å². The summed E-state index contributed by atoms with van der Waals surface area (Å²) < 4.78 is 43.7. The predicted molar refractivity (Wildman–Crippen MR) is 99.4 cm³/mol. The molecule has 0 aliphatic carbocycles. The van der Waals surface area contributed by atoms with Crippen LogP contribution in [0.25, 0.3) is 0 Å². The summed E-state index contributed by atoms with van der Waals surface area (Å²) >= 11 is 0. The molecule has 0 spiro atoms. The van der Waals surface area contributed by atoms with Crippen LogP contribution in [0.3, 0.4) is 0 Å². The number of alkyl halides is 3. The van der Waals surface area contributed by atoms with Crippen molar-refractivity contribution >= 4 is 17.2 Å². The van der Waals surface area contributed by atoms with Gasteiger partial charge in [0.15, 0.2) is 0 Å². The minimum atomic E-state index is -4.48. The lowest BCUT2D eigenvalue weighted by atomic mass is 10.1. The summed E-state index contributed by atoms with van der Waals surface area (Å²) in [6, 6.07) is 9.34. The zero-order valence-corrected chi connectivity index (χ0v) is 15.3. The summed E-state index contributed by atoms with van der Waals surface area (Å²) in [4.78, 5) is 18.6. The highest BCUT2D eigenvalue weighted by Crippen LogP contribution is 2.36. The SMILES string of the molecule is Cc1cc(C)cc(Oc2ncnc(Nc3ccc(C(F)(F)F)cc3)c2[N+](=O)[O-])c1. The van der Waals surface area contributed by atoms with Crippen molar-refractivity contribution in [2.45, 2.75) is 20.0 Å². The minimum absolute atomic E-state index is 0.192. The molecule has 0 atom stereocenters. The third-order valence-electron chi connectivity index (χ3n) is 3.86. The quantitative estimate of drug-likeness (QED) is 0.443. The number of nitrogens with zero attached hydrogens (tertiary/aromatic N) is 3. The molecule has 3 aromatic rings. The number of halogens is 3. The van der Waals surface area contributed by atoms with Gasteiger partial charge in [0.2, 0.25) is 5.82 Å². The number of hydrogen-bond acceptors (Lipinski definition) is 6. The van der Waals surface area contributed by atoms with E-state index in [0.717, 1.165) is 41.7 Å². The number of nitro groups is 1. The topological polar surface area (TPSA) is 90.2 Å². The van der Waals surface area contributed by atoms with Crippen molar-refractivity contribution in [1.82, 2.24) is 9.97 Å². The number of benzene rings is 2. The fourth-order valence-electron chi connectivity index (χ4n) is 2.68. The molecule has 1 heterocycles. The van der Waals surface area contributed by atoms with E-state index >= 15 is 0 Å². The van der Waals surface area contributed by atoms with E-state index in [2.05, 4.69) is 15.3 Å². The molecule has 0 radical (unpaired) electrons. The Morgan fingerprint density at radius 2 is 1.66 bits per heavy atom. The molecule has 29 heavy (non-hydrogen) atoms. The Morgan fingerprint density at radius 3 is 2.21 bits per heavy atom. The first-order chi connectivity index (χ1) is 13.6. The van der Waals surface area contributed by atoms with Crippen molar-refractivity contribution in [2.75, 3.05) is 5.32 Å². The standard InChI is InChI=1S/C19H15F3N4O3/c1-11-7-12(2)9-15(8-11)29-18-16(26(27)28)17(23-10-24-18)25-14-5-3-13(4-6-14)19(20,21)22/h3-10H,1-2H3,(H,23,24,25). The summed E-state index contributed by atoms with van der Waals surface area (Å²) in [6.07, 6.45) is -3.41. The highest BCUT2D eigenvalue weighted by atomic mass is 19.4. The van der Waals surface area contributed by atoms with Crippen LogP contribution in [0.5, 0.6) is 11.6 Å². The van der Waals surface area contributed by atoms with E-state index in [-0.39, 0.29) is 17.4 Å². The summed E-state index contributed by atoms with van der Waals surface area (Å²) in [7, 11) is 0. The van der Waals surface area contributed by atoms with Crippen LogP contribution in [-0.4, -0.2) is 14.9 Å². The Hall–Kier alpha value is -3.69. The monoisotopic (exact) mass is 404 g/mol. The van der Waals surface area contributed by atoms with Crippen molar-refractivity contribution in [2.24, 2.45) is 0 Å². The first kappa shape index (κ1) is 20.1. The van der Waals surface area contributed by atoms with Crippen LogP contribution in [-0.2, 0) is 6.18 Å². The van der Waals surface area contributed by atoms with Gasteiger partial charge in [-0.2, -0.15) is 18.2 Å². The van der Waals surface area contributed by atoms with Gasteiger partial charge < -0.3 is 10.1 Å². The summed E-state index contributed by atoms with van der Waals surface area (Å²) in [5.74, 6) is -0.127. The number of nitrogens with one attached hydrogen (secondary N) is 1. The third kappa shape index (κ3) is 4.78. The Morgan fingerprint density at radius 1 is 1.03 bits per heavy atom. The smallest absolute Gasteiger partial charge is 0.416 e. The highest BCUT2D eigenvalue weighted by molar-refractivity contribution is 5.69. The number of aromatic nitrogens is 2. The maximum atomic E-state index is 12.7. The van der Waals surface area contributed by atoms with E-state index < -0.39 is 22.4 Å². The minimum Gasteiger partial charge on any atom is -0.434 e. The summed E-state index contributed by atoms with van der Waals surface area (Å²) in [6.45, 7) is 3.71. The van der Waals surface area contributed by atoms with Crippen molar-refractivity contribution in [1.29, 1.82) is 0 Å². The lowest BCUT2D eigenvalue weighted by Gasteiger charge is -2.11. The van der Waals surface area contributed by atoms with Crippen molar-refractivity contribution in [3.05, 3.63) is 75.6 Å². The van der Waals surface area contributed by atoms with Crippen LogP contribution in [0.15, 0.2) is 48.8 Å². The van der Waals surface area contributed by atoms with Gasteiger partial charge in [-0.05, 0) is 61.4 Å². The van der Waals surface area contributed by atoms with Crippen LogP contribution in [0.2, 0.25) is 0 Å². The molecule has 0 aliphatic heterocycles. The number of anilines is 2. The van der Waals surface area contributed by atoms with E-state index in [4.69, 9.17) is 4.74 Å². The van der Waals surface area contributed by atoms with E-state index in [1.54, 1.807) is 12.1 Å². The molecule has 0 saturated carbocycles. The first-order valence-electron chi connectivity index (χ1n) is 8.33. The molecule has 3 rings (SSSR count). The molecule has 0 unspecified atom stereocenters. The third-order valence-corrected chi connectivity index (χ3v) is 3.86. The second-order valence-electron chi connectivity index (χ2n) is 6.26. The van der Waals surface area contributed by atoms with Gasteiger partial charge in [-0.3, -0.25) is 10.1 Å². The van der Waals surface area contributed by atoms with Gasteiger partial charge in [0.25, 0.3) is 0 Å². The van der Waals surface area contributed by atoms with Crippen LogP contribution < -0.4 is 10.1 Å². The lowest BCUT2D eigenvalue weighted by Crippen LogP contribution is -2.06. The number of hydrogen-bond donors (Lipinski definition) is 1. The molecule has 0 saturated heterocycles. The molecule has 1 N–H and O–H groups in total. The molecule has 7 nitrogen and oxygen atoms in total. The van der Waals surface area contributed by atoms with Gasteiger partial charge >= 0.3 is 17.7 Å². The number of ether oxygens (including phenoxy) is 1. The normalized spacial score (nSPS) is 11.2. The van der Waals surface area contributed by atoms with Crippen molar-refractivity contribution in [3.63, 3.8) is 0 Å². The van der Waals surface area contributed by atoms with Crippen LogP contribution in [0.4, 0.5) is 30.4 Å². The first-order valence-corrected chi connectivity index (χ1v) is 8.33. The molecule has 0 bridgehead atoms. The van der Waals surface area contributed by atoms with Crippen molar-refractivity contribution in [3.8, 4) is 11.6 Å². The maximum Gasteiger partial charge on any atom is 0.416 e. The fourth-order valence-corrected chi connectivity index (χ4v) is 2.68. The Balaban J connectivity index is 1.93. The van der Waals surface area contributed by atoms with Crippen LogP contribution in [0, 0.1) is 24.0 Å². The second kappa shape index (κ2) is 7.74. The molecule has 1 aromatic heterocycles. The summed E-state index contributed by atoms with van der Waals surface area (Å²) in [5, 5.41) is 14.2. The van der Waals surface area contributed by atoms with Gasteiger partial charge in [-0.1, -0.05) is 6.07 Å². The van der Waals surface area contributed by atoms with Gasteiger partial charge in [0.1, 0.15) is 12.1 Å². The largest absolute Gasteiger partial charge is 0.434 e. The molecule has 150 valence electrons. The molecule has 10 heteroatoms. The van der Waals surface area contributed by atoms with Gasteiger partial charge in [-0.15, -0.1) is 0 Å². The molecule has 0 amide bonds. The van der Waals surface area contributed by atoms with Crippen LogP contribution in [0.1, 0.15) is 16.7 Å². The van der Waals surface area contributed by atoms with Gasteiger partial charge in [-0.25, -0.2) is 4.98 Å². The molecular formula is C19H15F3N4O3. The Kier molecular flexibility index (Phi) is 5.35. The van der Waals surface area contributed by atoms with E-state index in [9.17, 15) is 23.3 Å². The maximum absolute atomic E-state index is 12.7. The van der Waals surface area contributed by atoms with Gasteiger partial charge in [0.05, 0.1) is 10.5 Å².